The smallest absolute Gasteiger partial charge is 0.239 e. The lowest BCUT2D eigenvalue weighted by Gasteiger charge is -2.34. The van der Waals surface area contributed by atoms with Crippen LogP contribution in [0.3, 0.4) is 0 Å². The summed E-state index contributed by atoms with van der Waals surface area (Å²) in [4.78, 5) is 16.6. The molecule has 0 bridgehead atoms. The first-order valence-corrected chi connectivity index (χ1v) is 6.82. The summed E-state index contributed by atoms with van der Waals surface area (Å²) in [7, 11) is 0. The molecule has 0 saturated carbocycles. The van der Waals surface area contributed by atoms with E-state index in [0.29, 0.717) is 12.6 Å². The molecule has 1 unspecified atom stereocenters. The molecule has 1 saturated heterocycles. The molecule has 0 spiro atoms. The van der Waals surface area contributed by atoms with Gasteiger partial charge in [0, 0.05) is 25.7 Å². The molecule has 0 radical (unpaired) electrons. The van der Waals surface area contributed by atoms with Crippen LogP contribution in [0.2, 0.25) is 0 Å². The first kappa shape index (κ1) is 14.5. The number of hydrogen-bond acceptors (Lipinski definition) is 3. The third kappa shape index (κ3) is 3.96. The first-order chi connectivity index (χ1) is 8.07. The highest BCUT2D eigenvalue weighted by molar-refractivity contribution is 5.81. The summed E-state index contributed by atoms with van der Waals surface area (Å²) in [5.74, 6) is 0.285. The molecule has 4 nitrogen and oxygen atoms in total. The van der Waals surface area contributed by atoms with E-state index < -0.39 is 0 Å². The Hall–Kier alpha value is -0.610. The fraction of sp³-hybridized carbons (Fsp3) is 0.923. The number of nitrogens with zero attached hydrogens (tertiary/aromatic N) is 2. The molecule has 0 aromatic carbocycles. The van der Waals surface area contributed by atoms with Crippen LogP contribution >= 0.6 is 0 Å². The molecule has 2 N–H and O–H groups in total. The Balaban J connectivity index is 2.55. The number of carbonyl (C=O) groups excluding carboxylic acids is 1. The highest BCUT2D eigenvalue weighted by Gasteiger charge is 2.28. The SMILES string of the molecule is CC(C)N(CCCN)C(C)C(=O)N1CCCC1. The van der Waals surface area contributed by atoms with Crippen molar-refractivity contribution in [1.29, 1.82) is 0 Å². The third-order valence-electron chi connectivity index (χ3n) is 3.56. The third-order valence-corrected chi connectivity index (χ3v) is 3.56. The summed E-state index contributed by atoms with van der Waals surface area (Å²) in [6.07, 6.45) is 3.27. The molecule has 4 heteroatoms. The summed E-state index contributed by atoms with van der Waals surface area (Å²) < 4.78 is 0. The second-order valence-corrected chi connectivity index (χ2v) is 5.18. The number of nitrogens with two attached hydrogens (primary N) is 1. The average Bonchev–Trinajstić information content (AvgIpc) is 2.81. The van der Waals surface area contributed by atoms with Crippen LogP contribution in [0, 0.1) is 0 Å². The standard InChI is InChI=1S/C13H27N3O/c1-11(2)16(10-6-7-14)12(3)13(17)15-8-4-5-9-15/h11-12H,4-10,14H2,1-3H3. The van der Waals surface area contributed by atoms with E-state index in [1.807, 2.05) is 11.8 Å². The Bertz CT molecular complexity index is 237. The Morgan fingerprint density at radius 3 is 2.35 bits per heavy atom. The van der Waals surface area contributed by atoms with E-state index in [1.165, 1.54) is 0 Å². The van der Waals surface area contributed by atoms with Crippen molar-refractivity contribution in [2.75, 3.05) is 26.2 Å². The highest BCUT2D eigenvalue weighted by atomic mass is 16.2. The molecule has 1 amide bonds. The largest absolute Gasteiger partial charge is 0.341 e. The monoisotopic (exact) mass is 241 g/mol. The summed E-state index contributed by atoms with van der Waals surface area (Å²) in [6.45, 7) is 9.78. The van der Waals surface area contributed by atoms with Gasteiger partial charge in [0.2, 0.25) is 5.91 Å². The molecule has 0 aromatic rings. The van der Waals surface area contributed by atoms with Gasteiger partial charge >= 0.3 is 0 Å². The van der Waals surface area contributed by atoms with E-state index in [4.69, 9.17) is 5.73 Å². The molecule has 0 aromatic heterocycles. The summed E-state index contributed by atoms with van der Waals surface area (Å²) in [6, 6.07) is 0.378. The van der Waals surface area contributed by atoms with Crippen LogP contribution in [0.1, 0.15) is 40.0 Å². The number of amides is 1. The van der Waals surface area contributed by atoms with Gasteiger partial charge in [0.1, 0.15) is 0 Å². The zero-order valence-corrected chi connectivity index (χ0v) is 11.5. The summed E-state index contributed by atoms with van der Waals surface area (Å²) >= 11 is 0. The summed E-state index contributed by atoms with van der Waals surface area (Å²) in [5.41, 5.74) is 5.55. The molecule has 100 valence electrons. The average molecular weight is 241 g/mol. The zero-order valence-electron chi connectivity index (χ0n) is 11.5. The predicted molar refractivity (Wildman–Crippen MR) is 70.8 cm³/mol. The molecule has 17 heavy (non-hydrogen) atoms. The van der Waals surface area contributed by atoms with Crippen LogP contribution in [-0.2, 0) is 4.79 Å². The lowest BCUT2D eigenvalue weighted by Crippen LogP contribution is -2.49. The van der Waals surface area contributed by atoms with E-state index >= 15 is 0 Å². The normalized spacial score (nSPS) is 18.1. The molecule has 1 heterocycles. The van der Waals surface area contributed by atoms with Gasteiger partial charge in [-0.15, -0.1) is 0 Å². The Kier molecular flexibility index (Phi) is 5.92. The minimum absolute atomic E-state index is 0.0142. The minimum atomic E-state index is -0.0142. The van der Waals surface area contributed by atoms with Gasteiger partial charge in [0.05, 0.1) is 6.04 Å². The minimum Gasteiger partial charge on any atom is -0.341 e. The van der Waals surface area contributed by atoms with Crippen molar-refractivity contribution in [2.45, 2.75) is 52.1 Å². The van der Waals surface area contributed by atoms with Crippen LogP contribution in [-0.4, -0.2) is 54.0 Å². The van der Waals surface area contributed by atoms with Crippen LogP contribution in [0.15, 0.2) is 0 Å². The van der Waals surface area contributed by atoms with Crippen molar-refractivity contribution in [3.8, 4) is 0 Å². The van der Waals surface area contributed by atoms with Crippen LogP contribution in [0.25, 0.3) is 0 Å². The first-order valence-electron chi connectivity index (χ1n) is 6.82. The van der Waals surface area contributed by atoms with Crippen LogP contribution in [0.5, 0.6) is 0 Å². The van der Waals surface area contributed by atoms with Gasteiger partial charge < -0.3 is 10.6 Å². The lowest BCUT2D eigenvalue weighted by molar-refractivity contribution is -0.136. The Morgan fingerprint density at radius 2 is 1.88 bits per heavy atom. The lowest BCUT2D eigenvalue weighted by atomic mass is 10.1. The van der Waals surface area contributed by atoms with Gasteiger partial charge in [-0.2, -0.15) is 0 Å². The van der Waals surface area contributed by atoms with E-state index in [-0.39, 0.29) is 11.9 Å². The van der Waals surface area contributed by atoms with Gasteiger partial charge in [-0.1, -0.05) is 0 Å². The number of rotatable bonds is 6. The highest BCUT2D eigenvalue weighted by Crippen LogP contribution is 2.14. The van der Waals surface area contributed by atoms with Gasteiger partial charge in [0.15, 0.2) is 0 Å². The molecule has 0 aliphatic carbocycles. The Labute approximate surface area is 105 Å². The molecular weight excluding hydrogens is 214 g/mol. The van der Waals surface area contributed by atoms with E-state index in [2.05, 4.69) is 18.7 Å². The fourth-order valence-corrected chi connectivity index (χ4v) is 2.52. The van der Waals surface area contributed by atoms with Crippen molar-refractivity contribution < 1.29 is 4.79 Å². The quantitative estimate of drug-likeness (QED) is 0.756. The van der Waals surface area contributed by atoms with Crippen molar-refractivity contribution in [3.63, 3.8) is 0 Å². The zero-order chi connectivity index (χ0) is 12.8. The molecule has 1 aliphatic rings. The predicted octanol–water partition coefficient (Wildman–Crippen LogP) is 1.06. The maximum absolute atomic E-state index is 12.3. The molecule has 1 rings (SSSR count). The van der Waals surface area contributed by atoms with Crippen LogP contribution < -0.4 is 5.73 Å². The van der Waals surface area contributed by atoms with Crippen molar-refractivity contribution in [3.05, 3.63) is 0 Å². The number of likely N-dealkylation sites (tertiary alicyclic amines) is 1. The molecule has 1 aliphatic heterocycles. The molecular formula is C13H27N3O. The topological polar surface area (TPSA) is 49.6 Å². The number of carbonyl (C=O) groups is 1. The Morgan fingerprint density at radius 1 is 1.29 bits per heavy atom. The van der Waals surface area contributed by atoms with E-state index in [9.17, 15) is 4.79 Å². The van der Waals surface area contributed by atoms with Crippen LogP contribution in [0.4, 0.5) is 0 Å². The van der Waals surface area contributed by atoms with E-state index in [1.54, 1.807) is 0 Å². The van der Waals surface area contributed by atoms with Crippen molar-refractivity contribution >= 4 is 5.91 Å². The second kappa shape index (κ2) is 6.97. The maximum atomic E-state index is 12.3. The second-order valence-electron chi connectivity index (χ2n) is 5.18. The van der Waals surface area contributed by atoms with Gasteiger partial charge in [0.25, 0.3) is 0 Å². The van der Waals surface area contributed by atoms with Gasteiger partial charge in [-0.05, 0) is 46.6 Å². The summed E-state index contributed by atoms with van der Waals surface area (Å²) in [5, 5.41) is 0. The number of hydrogen-bond donors (Lipinski definition) is 1. The van der Waals surface area contributed by atoms with Crippen molar-refractivity contribution in [1.82, 2.24) is 9.80 Å². The van der Waals surface area contributed by atoms with E-state index in [0.717, 1.165) is 38.9 Å². The fourth-order valence-electron chi connectivity index (χ4n) is 2.52. The maximum Gasteiger partial charge on any atom is 0.239 e. The van der Waals surface area contributed by atoms with Crippen molar-refractivity contribution in [2.24, 2.45) is 5.73 Å². The molecule has 1 atom stereocenters. The molecule has 1 fully saturated rings. The van der Waals surface area contributed by atoms with Gasteiger partial charge in [-0.25, -0.2) is 0 Å². The van der Waals surface area contributed by atoms with Gasteiger partial charge in [-0.3, -0.25) is 9.69 Å².